The second-order valence-electron chi connectivity index (χ2n) is 13.5. The number of nitrogens with one attached hydrogen (secondary N) is 2. The van der Waals surface area contributed by atoms with Crippen LogP contribution in [0.4, 0.5) is 31.8 Å². The Hall–Kier alpha value is -3.32. The first-order chi connectivity index (χ1) is 20.9. The number of carbonyl (C=O) groups excluding carboxylic acids is 3. The minimum atomic E-state index is -4.22. The molecule has 19 nitrogen and oxygen atoms in total. The Labute approximate surface area is 264 Å². The third-order valence-electron chi connectivity index (χ3n) is 6.09. The first-order valence-corrected chi connectivity index (χ1v) is 15.6. The van der Waals surface area contributed by atoms with Crippen molar-refractivity contribution >= 4 is 43.6 Å². The zero-order valence-corrected chi connectivity index (χ0v) is 28.0. The van der Waals surface area contributed by atoms with Crippen molar-refractivity contribution in [2.24, 2.45) is 0 Å². The molecule has 4 N–H and O–H groups in total. The highest BCUT2D eigenvalue weighted by molar-refractivity contribution is 7.48. The van der Waals surface area contributed by atoms with Crippen molar-refractivity contribution in [3.8, 4) is 5.88 Å². The van der Waals surface area contributed by atoms with E-state index in [4.69, 9.17) is 37.3 Å². The highest BCUT2D eigenvalue weighted by Gasteiger charge is 2.64. The predicted molar refractivity (Wildman–Crippen MR) is 156 cm³/mol. The highest BCUT2D eigenvalue weighted by Crippen LogP contribution is 2.57. The van der Waals surface area contributed by atoms with Gasteiger partial charge in [0.15, 0.2) is 18.1 Å². The maximum atomic E-state index is 13.8. The van der Waals surface area contributed by atoms with Gasteiger partial charge in [-0.3, -0.25) is 18.9 Å². The summed E-state index contributed by atoms with van der Waals surface area (Å²) in [5, 5.41) is 28.0. The summed E-state index contributed by atoms with van der Waals surface area (Å²) in [5.41, 5.74) is -3.34. The number of fused-ring (bicyclic) bond motifs is 3. The zero-order valence-electron chi connectivity index (χ0n) is 27.1. The Balaban J connectivity index is 1.87. The molecule has 2 saturated heterocycles. The standard InChI is InChI=1S/C26H40N5O14P/c1-23(2,3)42-20(32)30-19-28-16-13(17(29-19)41-22(34)44-25(7,8)9)27-14-18(31(16)21(33)43-24(4,5)6)40-12-11-39-46(37,38-10)45-15(12)26(14,35)36/h12,14-15,18,27,35-36H,11H2,1-10H3,(H,28,29,30,32)/t12-,14-,15+,18-,46?/m1/s1. The first kappa shape index (κ1) is 35.5. The van der Waals surface area contributed by atoms with Gasteiger partial charge in [0.25, 0.3) is 5.88 Å². The lowest BCUT2D eigenvalue weighted by Gasteiger charge is -2.54. The maximum absolute atomic E-state index is 13.8. The van der Waals surface area contributed by atoms with Crippen LogP contribution in [-0.4, -0.2) is 99.3 Å². The van der Waals surface area contributed by atoms with Gasteiger partial charge >= 0.3 is 26.2 Å². The van der Waals surface area contributed by atoms with Crippen molar-refractivity contribution in [2.75, 3.05) is 29.3 Å². The van der Waals surface area contributed by atoms with E-state index in [9.17, 15) is 29.2 Å². The van der Waals surface area contributed by atoms with E-state index < -0.39 is 91.7 Å². The highest BCUT2D eigenvalue weighted by atomic mass is 31.2. The molecule has 0 saturated carbocycles. The van der Waals surface area contributed by atoms with Crippen molar-refractivity contribution in [1.29, 1.82) is 0 Å². The zero-order chi connectivity index (χ0) is 34.6. The van der Waals surface area contributed by atoms with Gasteiger partial charge in [-0.25, -0.2) is 23.8 Å². The molecule has 5 atom stereocenters. The van der Waals surface area contributed by atoms with E-state index in [2.05, 4.69) is 20.6 Å². The van der Waals surface area contributed by atoms with Crippen molar-refractivity contribution in [3.05, 3.63) is 0 Å². The molecule has 2 fully saturated rings. The quantitative estimate of drug-likeness (QED) is 0.155. The van der Waals surface area contributed by atoms with Gasteiger partial charge in [-0.2, -0.15) is 9.97 Å². The monoisotopic (exact) mass is 677 g/mol. The number of phosphoric ester groups is 1. The summed E-state index contributed by atoms with van der Waals surface area (Å²) in [6.07, 6.45) is -7.97. The second kappa shape index (κ2) is 12.0. The Morgan fingerprint density at radius 3 is 2.17 bits per heavy atom. The van der Waals surface area contributed by atoms with Crippen LogP contribution in [0.3, 0.4) is 0 Å². The van der Waals surface area contributed by atoms with Gasteiger partial charge in [0.2, 0.25) is 11.7 Å². The molecular formula is C26H40N5O14P. The topological polar surface area (TPSA) is 236 Å². The van der Waals surface area contributed by atoms with E-state index in [-0.39, 0.29) is 11.5 Å². The van der Waals surface area contributed by atoms with E-state index in [0.29, 0.717) is 0 Å². The number of amides is 2. The Kier molecular flexibility index (Phi) is 9.30. The molecule has 2 amide bonds. The summed E-state index contributed by atoms with van der Waals surface area (Å²) >= 11 is 0. The van der Waals surface area contributed by atoms with E-state index in [1.165, 1.54) is 0 Å². The normalized spacial score (nSPS) is 27.2. The van der Waals surface area contributed by atoms with Crippen molar-refractivity contribution in [3.63, 3.8) is 0 Å². The van der Waals surface area contributed by atoms with Crippen LogP contribution in [0.2, 0.25) is 0 Å². The van der Waals surface area contributed by atoms with Gasteiger partial charge in [0.05, 0.1) is 6.61 Å². The summed E-state index contributed by atoms with van der Waals surface area (Å²) < 4.78 is 55.6. The van der Waals surface area contributed by atoms with Gasteiger partial charge in [0, 0.05) is 7.11 Å². The molecule has 20 heteroatoms. The molecule has 4 heterocycles. The van der Waals surface area contributed by atoms with Crippen LogP contribution in [0.1, 0.15) is 62.3 Å². The molecule has 3 aliphatic rings. The van der Waals surface area contributed by atoms with Crippen LogP contribution in [0.5, 0.6) is 5.88 Å². The molecule has 4 rings (SSSR count). The summed E-state index contributed by atoms with van der Waals surface area (Å²) in [5.74, 6) is -4.42. The third kappa shape index (κ3) is 7.96. The molecule has 3 aliphatic heterocycles. The third-order valence-corrected chi connectivity index (χ3v) is 7.49. The largest absolute Gasteiger partial charge is 0.515 e. The van der Waals surface area contributed by atoms with Crippen LogP contribution >= 0.6 is 7.82 Å². The molecular weight excluding hydrogens is 637 g/mol. The molecule has 1 aromatic rings. The predicted octanol–water partition coefficient (Wildman–Crippen LogP) is 3.25. The minimum Gasteiger partial charge on any atom is -0.444 e. The summed E-state index contributed by atoms with van der Waals surface area (Å²) in [7, 11) is -3.17. The lowest BCUT2D eigenvalue weighted by molar-refractivity contribution is -0.315. The number of aliphatic hydroxyl groups is 2. The summed E-state index contributed by atoms with van der Waals surface area (Å²) in [6, 6.07) is -1.72. The molecule has 258 valence electrons. The molecule has 1 unspecified atom stereocenters. The SMILES string of the molecule is COP1(=O)OC[C@H]2O[C@@H]3[C@@H](Nc4c(OC(=O)OC(C)(C)C)nc(NC(=O)OC(C)(C)C)nc4N3C(=O)OC(C)(C)C)C(O)(O)[C@H]2O1. The number of nitrogens with zero attached hydrogens (tertiary/aromatic N) is 3. The van der Waals surface area contributed by atoms with Crippen LogP contribution in [0.25, 0.3) is 0 Å². The number of carbonyl (C=O) groups is 3. The van der Waals surface area contributed by atoms with Crippen molar-refractivity contribution in [2.45, 2.75) is 109 Å². The number of anilines is 3. The molecule has 0 radical (unpaired) electrons. The number of aromatic nitrogens is 2. The number of hydrogen-bond acceptors (Lipinski definition) is 17. The molecule has 0 aliphatic carbocycles. The molecule has 0 spiro atoms. The van der Waals surface area contributed by atoms with Gasteiger partial charge in [0.1, 0.15) is 34.6 Å². The van der Waals surface area contributed by atoms with Gasteiger partial charge in [-0.15, -0.1) is 0 Å². The average Bonchev–Trinajstić information content (AvgIpc) is 2.85. The first-order valence-electron chi connectivity index (χ1n) is 14.1. The Morgan fingerprint density at radius 2 is 1.61 bits per heavy atom. The second-order valence-corrected chi connectivity index (χ2v) is 15.2. The summed E-state index contributed by atoms with van der Waals surface area (Å²) in [4.78, 5) is 48.4. The Morgan fingerprint density at radius 1 is 1.00 bits per heavy atom. The van der Waals surface area contributed by atoms with Crippen LogP contribution < -0.4 is 20.3 Å². The van der Waals surface area contributed by atoms with E-state index in [1.807, 2.05) is 0 Å². The molecule has 46 heavy (non-hydrogen) atoms. The maximum Gasteiger partial charge on any atom is 0.515 e. The van der Waals surface area contributed by atoms with Gasteiger partial charge < -0.3 is 39.2 Å². The van der Waals surface area contributed by atoms with Crippen molar-refractivity contribution < 1.29 is 66.4 Å². The molecule has 0 aromatic carbocycles. The lowest BCUT2D eigenvalue weighted by Crippen LogP contribution is -2.75. The van der Waals surface area contributed by atoms with E-state index in [1.54, 1.807) is 62.3 Å². The number of rotatable bonds is 3. The van der Waals surface area contributed by atoms with Crippen LogP contribution in [-0.2, 0) is 37.1 Å². The average molecular weight is 678 g/mol. The number of phosphoric acid groups is 1. The molecule has 1 aromatic heterocycles. The van der Waals surface area contributed by atoms with E-state index in [0.717, 1.165) is 12.0 Å². The summed E-state index contributed by atoms with van der Waals surface area (Å²) in [6.45, 7) is 13.9. The number of hydrogen-bond donors (Lipinski definition) is 4. The fraction of sp³-hybridized carbons (Fsp3) is 0.731. The van der Waals surface area contributed by atoms with Gasteiger partial charge in [-0.05, 0) is 62.3 Å². The van der Waals surface area contributed by atoms with Crippen LogP contribution in [0.15, 0.2) is 0 Å². The smallest absolute Gasteiger partial charge is 0.444 e. The number of ether oxygens (including phenoxy) is 5. The fourth-order valence-electron chi connectivity index (χ4n) is 4.46. The lowest BCUT2D eigenvalue weighted by atomic mass is 9.90. The minimum absolute atomic E-state index is 0.343. The Bertz CT molecular complexity index is 1420. The van der Waals surface area contributed by atoms with Crippen LogP contribution in [0, 0.1) is 0 Å². The van der Waals surface area contributed by atoms with Crippen molar-refractivity contribution in [1.82, 2.24) is 9.97 Å². The fourth-order valence-corrected chi connectivity index (χ4v) is 5.61. The van der Waals surface area contributed by atoms with Gasteiger partial charge in [-0.1, -0.05) is 0 Å². The van der Waals surface area contributed by atoms with E-state index >= 15 is 0 Å². The molecule has 0 bridgehead atoms.